The van der Waals surface area contributed by atoms with E-state index in [9.17, 15) is 0 Å². The number of hydrogen-bond donors (Lipinski definition) is 1. The third-order valence-corrected chi connectivity index (χ3v) is 4.99. The van der Waals surface area contributed by atoms with E-state index < -0.39 is 0 Å². The molecule has 1 atom stereocenters. The van der Waals surface area contributed by atoms with Gasteiger partial charge in [0.25, 0.3) is 0 Å². The number of nitrogens with two attached hydrogens (primary N) is 1. The van der Waals surface area contributed by atoms with E-state index in [-0.39, 0.29) is 6.04 Å². The molecule has 17 heavy (non-hydrogen) atoms. The molecule has 0 saturated heterocycles. The van der Waals surface area contributed by atoms with Gasteiger partial charge in [-0.25, -0.2) is 4.98 Å². The van der Waals surface area contributed by atoms with Crippen LogP contribution in [0.5, 0.6) is 0 Å². The summed E-state index contributed by atoms with van der Waals surface area (Å²) in [5.74, 6) is 0.474. The molecule has 0 bridgehead atoms. The molecule has 2 nitrogen and oxygen atoms in total. The van der Waals surface area contributed by atoms with Gasteiger partial charge >= 0.3 is 0 Å². The molecule has 0 fully saturated rings. The Kier molecular flexibility index (Phi) is 3.97. The Labute approximate surface area is 111 Å². The van der Waals surface area contributed by atoms with E-state index >= 15 is 0 Å². The molecule has 0 amide bonds. The lowest BCUT2D eigenvalue weighted by Gasteiger charge is -2.05. The summed E-state index contributed by atoms with van der Waals surface area (Å²) in [5, 5.41) is 3.15. The Bertz CT molecular complexity index is 485. The van der Waals surface area contributed by atoms with Gasteiger partial charge in [-0.2, -0.15) is 0 Å². The Morgan fingerprint density at radius 1 is 1.35 bits per heavy atom. The molecule has 0 aliphatic carbocycles. The molecule has 4 heteroatoms. The first-order valence-electron chi connectivity index (χ1n) is 5.91. The van der Waals surface area contributed by atoms with Gasteiger partial charge in [0.15, 0.2) is 0 Å². The Morgan fingerprint density at radius 3 is 2.65 bits per heavy atom. The van der Waals surface area contributed by atoms with Crippen LogP contribution >= 0.6 is 22.7 Å². The van der Waals surface area contributed by atoms with Gasteiger partial charge in [0.1, 0.15) is 5.01 Å². The average molecular weight is 266 g/mol. The molecule has 2 N–H and O–H groups in total. The van der Waals surface area contributed by atoms with Crippen molar-refractivity contribution in [1.82, 2.24) is 4.98 Å². The van der Waals surface area contributed by atoms with Crippen molar-refractivity contribution in [3.05, 3.63) is 38.0 Å². The first-order chi connectivity index (χ1) is 8.11. The first-order valence-corrected chi connectivity index (χ1v) is 7.61. The summed E-state index contributed by atoms with van der Waals surface area (Å²) >= 11 is 3.46. The van der Waals surface area contributed by atoms with Crippen LogP contribution < -0.4 is 5.73 Å². The van der Waals surface area contributed by atoms with E-state index in [1.807, 2.05) is 0 Å². The summed E-state index contributed by atoms with van der Waals surface area (Å²) in [7, 11) is 0. The summed E-state index contributed by atoms with van der Waals surface area (Å²) in [5.41, 5.74) is 7.40. The predicted molar refractivity (Wildman–Crippen MR) is 75.9 cm³/mol. The van der Waals surface area contributed by atoms with Crippen LogP contribution in [0.3, 0.4) is 0 Å². The first kappa shape index (κ1) is 12.7. The molecule has 0 aliphatic heterocycles. The van der Waals surface area contributed by atoms with Crippen molar-refractivity contribution < 1.29 is 0 Å². The summed E-state index contributed by atoms with van der Waals surface area (Å²) in [6.07, 6.45) is 1.08. The maximum Gasteiger partial charge on any atom is 0.115 e. The van der Waals surface area contributed by atoms with Crippen molar-refractivity contribution in [2.45, 2.75) is 39.2 Å². The van der Waals surface area contributed by atoms with Crippen LogP contribution in [-0.2, 0) is 6.42 Å². The lowest BCUT2D eigenvalue weighted by atomic mass is 10.2. The Hall–Kier alpha value is -0.710. The molecule has 0 spiro atoms. The normalized spacial score (nSPS) is 13.2. The molecule has 0 aromatic carbocycles. The fraction of sp³-hybridized carbons (Fsp3) is 0.462. The zero-order valence-electron chi connectivity index (χ0n) is 10.4. The topological polar surface area (TPSA) is 38.9 Å². The number of aromatic nitrogens is 1. The summed E-state index contributed by atoms with van der Waals surface area (Å²) in [4.78, 5) is 7.22. The highest BCUT2D eigenvalue weighted by Crippen LogP contribution is 2.30. The van der Waals surface area contributed by atoms with Crippen molar-refractivity contribution in [2.24, 2.45) is 5.73 Å². The number of rotatable bonds is 4. The largest absolute Gasteiger partial charge is 0.318 e. The van der Waals surface area contributed by atoms with Crippen molar-refractivity contribution in [3.8, 4) is 0 Å². The molecule has 0 saturated carbocycles. The second kappa shape index (κ2) is 5.29. The molecule has 2 heterocycles. The molecular weight excluding hydrogens is 248 g/mol. The van der Waals surface area contributed by atoms with E-state index in [1.165, 1.54) is 9.75 Å². The van der Waals surface area contributed by atoms with E-state index in [4.69, 9.17) is 5.73 Å². The molecule has 2 rings (SSSR count). The molecule has 0 aliphatic rings. The van der Waals surface area contributed by atoms with Crippen LogP contribution in [-0.4, -0.2) is 4.98 Å². The number of thiophene rings is 1. The number of aryl methyl sites for hydroxylation is 1. The van der Waals surface area contributed by atoms with E-state index in [2.05, 4.69) is 43.3 Å². The van der Waals surface area contributed by atoms with Crippen molar-refractivity contribution in [1.29, 1.82) is 0 Å². The van der Waals surface area contributed by atoms with E-state index in [1.54, 1.807) is 22.7 Å². The Balaban J connectivity index is 2.20. The fourth-order valence-electron chi connectivity index (χ4n) is 1.58. The van der Waals surface area contributed by atoms with Gasteiger partial charge in [-0.15, -0.1) is 22.7 Å². The minimum atomic E-state index is -0.0576. The maximum absolute atomic E-state index is 6.26. The molecule has 92 valence electrons. The summed E-state index contributed by atoms with van der Waals surface area (Å²) < 4.78 is 0. The van der Waals surface area contributed by atoms with Crippen LogP contribution in [0.4, 0.5) is 0 Å². The van der Waals surface area contributed by atoms with Crippen LogP contribution in [0.2, 0.25) is 0 Å². The smallest absolute Gasteiger partial charge is 0.115 e. The number of thiazole rings is 1. The third-order valence-electron chi connectivity index (χ3n) is 2.73. The molecule has 1 unspecified atom stereocenters. The summed E-state index contributed by atoms with van der Waals surface area (Å²) in [6, 6.07) is 4.24. The summed E-state index contributed by atoms with van der Waals surface area (Å²) in [6.45, 7) is 6.48. The minimum Gasteiger partial charge on any atom is -0.318 e. The van der Waals surface area contributed by atoms with E-state index in [0.29, 0.717) is 5.92 Å². The molecule has 2 aromatic rings. The van der Waals surface area contributed by atoms with Gasteiger partial charge in [-0.3, -0.25) is 0 Å². The lowest BCUT2D eigenvalue weighted by Crippen LogP contribution is -2.10. The van der Waals surface area contributed by atoms with Crippen LogP contribution in [0, 0.1) is 0 Å². The quantitative estimate of drug-likeness (QED) is 0.910. The van der Waals surface area contributed by atoms with Gasteiger partial charge in [-0.1, -0.05) is 20.8 Å². The maximum atomic E-state index is 6.26. The molecular formula is C13H18N2S2. The highest BCUT2D eigenvalue weighted by Gasteiger charge is 2.16. The highest BCUT2D eigenvalue weighted by molar-refractivity contribution is 7.12. The number of hydrogen-bond acceptors (Lipinski definition) is 4. The van der Waals surface area contributed by atoms with Gasteiger partial charge in [0.2, 0.25) is 0 Å². The van der Waals surface area contributed by atoms with Crippen LogP contribution in [0.25, 0.3) is 0 Å². The Morgan fingerprint density at radius 2 is 2.12 bits per heavy atom. The molecule has 2 aromatic heterocycles. The zero-order chi connectivity index (χ0) is 12.4. The van der Waals surface area contributed by atoms with Gasteiger partial charge in [0.05, 0.1) is 11.7 Å². The van der Waals surface area contributed by atoms with Crippen molar-refractivity contribution in [3.63, 3.8) is 0 Å². The van der Waals surface area contributed by atoms with Gasteiger partial charge < -0.3 is 5.73 Å². The van der Waals surface area contributed by atoms with Crippen molar-refractivity contribution in [2.75, 3.05) is 0 Å². The third kappa shape index (κ3) is 2.76. The minimum absolute atomic E-state index is 0.0576. The SMILES string of the molecule is CCc1ccc(C(N)c2nc(C(C)C)cs2)s1. The van der Waals surface area contributed by atoms with Gasteiger partial charge in [-0.05, 0) is 24.5 Å². The van der Waals surface area contributed by atoms with Gasteiger partial charge in [0, 0.05) is 15.1 Å². The predicted octanol–water partition coefficient (Wildman–Crippen LogP) is 3.94. The van der Waals surface area contributed by atoms with Crippen LogP contribution in [0.1, 0.15) is 53.2 Å². The monoisotopic (exact) mass is 266 g/mol. The second-order valence-electron chi connectivity index (χ2n) is 4.40. The standard InChI is InChI=1S/C13H18N2S2/c1-4-9-5-6-11(17-9)12(14)13-15-10(7-16-13)8(2)3/h5-8,12H,4,14H2,1-3H3. The average Bonchev–Trinajstić information content (AvgIpc) is 2.97. The molecule has 0 radical (unpaired) electrons. The van der Waals surface area contributed by atoms with Crippen LogP contribution in [0.15, 0.2) is 17.5 Å². The highest BCUT2D eigenvalue weighted by atomic mass is 32.1. The number of nitrogens with zero attached hydrogens (tertiary/aromatic N) is 1. The fourth-order valence-corrected chi connectivity index (χ4v) is 3.61. The zero-order valence-corrected chi connectivity index (χ0v) is 12.1. The lowest BCUT2D eigenvalue weighted by molar-refractivity contribution is 0.801. The van der Waals surface area contributed by atoms with Crippen molar-refractivity contribution >= 4 is 22.7 Å². The second-order valence-corrected chi connectivity index (χ2v) is 6.49. The van der Waals surface area contributed by atoms with E-state index in [0.717, 1.165) is 17.1 Å².